The summed E-state index contributed by atoms with van der Waals surface area (Å²) >= 11 is 0. The van der Waals surface area contributed by atoms with Gasteiger partial charge >= 0.3 is 0 Å². The molecule has 0 spiro atoms. The fourth-order valence-corrected chi connectivity index (χ4v) is 2.38. The number of carbonyl (C=O) groups is 1. The van der Waals surface area contributed by atoms with Crippen LogP contribution in [-0.2, 0) is 9.53 Å². The topological polar surface area (TPSA) is 38.3 Å². The Hall–Kier alpha value is -0.830. The predicted molar refractivity (Wildman–Crippen MR) is 63.1 cm³/mol. The van der Waals surface area contributed by atoms with Gasteiger partial charge in [-0.15, -0.1) is 0 Å². The van der Waals surface area contributed by atoms with Gasteiger partial charge in [-0.2, -0.15) is 0 Å². The van der Waals surface area contributed by atoms with Crippen molar-refractivity contribution < 1.29 is 9.53 Å². The highest BCUT2D eigenvalue weighted by molar-refractivity contribution is 5.93. The minimum absolute atomic E-state index is 0.199. The smallest absolute Gasteiger partial charge is 0.197 e. The van der Waals surface area contributed by atoms with Crippen LogP contribution in [0.4, 0.5) is 0 Å². The zero-order chi connectivity index (χ0) is 11.2. The van der Waals surface area contributed by atoms with E-state index in [4.69, 9.17) is 4.74 Å². The molecule has 2 rings (SSSR count). The van der Waals surface area contributed by atoms with Crippen LogP contribution in [0.1, 0.15) is 38.5 Å². The molecule has 1 saturated heterocycles. The molecule has 0 saturated carbocycles. The van der Waals surface area contributed by atoms with Gasteiger partial charge in [0.2, 0.25) is 0 Å². The maximum absolute atomic E-state index is 11.8. The van der Waals surface area contributed by atoms with Gasteiger partial charge in [-0.3, -0.25) is 4.79 Å². The Balaban J connectivity index is 1.72. The Bertz CT molecular complexity index is 267. The van der Waals surface area contributed by atoms with Crippen molar-refractivity contribution in [3.8, 4) is 0 Å². The molecule has 3 nitrogen and oxygen atoms in total. The summed E-state index contributed by atoms with van der Waals surface area (Å²) in [5, 5.41) is 3.38. The molecule has 1 unspecified atom stereocenters. The molecule has 0 aromatic heterocycles. The summed E-state index contributed by atoms with van der Waals surface area (Å²) in [6, 6.07) is 0. The highest BCUT2D eigenvalue weighted by Crippen LogP contribution is 2.19. The second kappa shape index (κ2) is 6.04. The first-order valence-corrected chi connectivity index (χ1v) is 6.43. The molecular formula is C13H21NO2. The maximum Gasteiger partial charge on any atom is 0.197 e. The second-order valence-corrected chi connectivity index (χ2v) is 4.73. The molecule has 16 heavy (non-hydrogen) atoms. The Kier molecular flexibility index (Phi) is 4.40. The number of rotatable bonds is 4. The number of ether oxygens (including phenoxy) is 1. The Morgan fingerprint density at radius 3 is 3.12 bits per heavy atom. The van der Waals surface area contributed by atoms with E-state index in [-0.39, 0.29) is 5.78 Å². The summed E-state index contributed by atoms with van der Waals surface area (Å²) in [4.78, 5) is 11.8. The van der Waals surface area contributed by atoms with E-state index >= 15 is 0 Å². The van der Waals surface area contributed by atoms with Crippen LogP contribution in [0.25, 0.3) is 0 Å². The van der Waals surface area contributed by atoms with Crippen LogP contribution in [0.5, 0.6) is 0 Å². The zero-order valence-corrected chi connectivity index (χ0v) is 9.84. The van der Waals surface area contributed by atoms with E-state index in [2.05, 4.69) is 5.32 Å². The molecule has 0 aromatic carbocycles. The first-order valence-electron chi connectivity index (χ1n) is 6.43. The normalized spacial score (nSPS) is 25.8. The van der Waals surface area contributed by atoms with Crippen molar-refractivity contribution in [2.24, 2.45) is 5.92 Å². The molecule has 0 amide bonds. The number of Topliss-reactive ketones (excluding diaryl/α,β-unsaturated/α-hetero) is 1. The van der Waals surface area contributed by atoms with Crippen LogP contribution < -0.4 is 5.32 Å². The highest BCUT2D eigenvalue weighted by Gasteiger charge is 2.18. The van der Waals surface area contributed by atoms with Gasteiger partial charge in [0, 0.05) is 6.42 Å². The van der Waals surface area contributed by atoms with Crippen LogP contribution in [-0.4, -0.2) is 25.5 Å². The van der Waals surface area contributed by atoms with Crippen LogP contribution in [0.15, 0.2) is 11.8 Å². The maximum atomic E-state index is 11.8. The SMILES string of the molecule is O=C(CCC1CCCNC1)C1=CCCCO1. The van der Waals surface area contributed by atoms with Crippen LogP contribution >= 0.6 is 0 Å². The molecule has 2 heterocycles. The summed E-state index contributed by atoms with van der Waals surface area (Å²) in [6.07, 6.45) is 8.16. The van der Waals surface area contributed by atoms with Crippen LogP contribution in [0.2, 0.25) is 0 Å². The van der Waals surface area contributed by atoms with Crippen molar-refractivity contribution in [3.63, 3.8) is 0 Å². The third-order valence-electron chi connectivity index (χ3n) is 3.39. The van der Waals surface area contributed by atoms with E-state index in [1.165, 1.54) is 12.8 Å². The van der Waals surface area contributed by atoms with E-state index in [1.807, 2.05) is 6.08 Å². The van der Waals surface area contributed by atoms with Gasteiger partial charge in [-0.05, 0) is 57.2 Å². The van der Waals surface area contributed by atoms with Gasteiger partial charge < -0.3 is 10.1 Å². The van der Waals surface area contributed by atoms with Gasteiger partial charge in [0.1, 0.15) is 0 Å². The monoisotopic (exact) mass is 223 g/mol. The molecule has 2 aliphatic rings. The van der Waals surface area contributed by atoms with Crippen molar-refractivity contribution in [2.75, 3.05) is 19.7 Å². The largest absolute Gasteiger partial charge is 0.490 e. The minimum Gasteiger partial charge on any atom is -0.490 e. The molecule has 0 radical (unpaired) electrons. The van der Waals surface area contributed by atoms with Crippen molar-refractivity contribution >= 4 is 5.78 Å². The first-order chi connectivity index (χ1) is 7.86. The third kappa shape index (κ3) is 3.34. The van der Waals surface area contributed by atoms with Crippen LogP contribution in [0.3, 0.4) is 0 Å². The molecule has 1 N–H and O–H groups in total. The average molecular weight is 223 g/mol. The Morgan fingerprint density at radius 2 is 2.44 bits per heavy atom. The molecule has 3 heteroatoms. The van der Waals surface area contributed by atoms with Crippen molar-refractivity contribution in [1.82, 2.24) is 5.32 Å². The lowest BCUT2D eigenvalue weighted by Crippen LogP contribution is -2.30. The fourth-order valence-electron chi connectivity index (χ4n) is 2.38. The lowest BCUT2D eigenvalue weighted by Gasteiger charge is -2.22. The molecule has 2 aliphatic heterocycles. The van der Waals surface area contributed by atoms with Gasteiger partial charge in [0.25, 0.3) is 0 Å². The van der Waals surface area contributed by atoms with Gasteiger partial charge in [-0.25, -0.2) is 0 Å². The number of hydrogen-bond donors (Lipinski definition) is 1. The van der Waals surface area contributed by atoms with Crippen molar-refractivity contribution in [3.05, 3.63) is 11.8 Å². The van der Waals surface area contributed by atoms with Crippen molar-refractivity contribution in [1.29, 1.82) is 0 Å². The minimum atomic E-state index is 0.199. The second-order valence-electron chi connectivity index (χ2n) is 4.73. The zero-order valence-electron chi connectivity index (χ0n) is 9.84. The number of piperidine rings is 1. The molecule has 0 aromatic rings. The van der Waals surface area contributed by atoms with Crippen LogP contribution in [0, 0.1) is 5.92 Å². The molecule has 0 bridgehead atoms. The molecular weight excluding hydrogens is 202 g/mol. The lowest BCUT2D eigenvalue weighted by atomic mass is 9.93. The van der Waals surface area contributed by atoms with E-state index in [0.717, 1.165) is 32.4 Å². The predicted octanol–water partition coefficient (Wildman–Crippen LogP) is 2.03. The lowest BCUT2D eigenvalue weighted by molar-refractivity contribution is -0.119. The fraction of sp³-hybridized carbons (Fsp3) is 0.769. The standard InChI is InChI=1S/C13H21NO2/c15-12(13-5-1-2-9-16-13)7-6-11-4-3-8-14-10-11/h5,11,14H,1-4,6-10H2. The molecule has 90 valence electrons. The summed E-state index contributed by atoms with van der Waals surface area (Å²) in [6.45, 7) is 2.93. The van der Waals surface area contributed by atoms with Gasteiger partial charge in [-0.1, -0.05) is 0 Å². The highest BCUT2D eigenvalue weighted by atomic mass is 16.5. The van der Waals surface area contributed by atoms with E-state index in [9.17, 15) is 4.79 Å². The Labute approximate surface area is 97.2 Å². The summed E-state index contributed by atoms with van der Waals surface area (Å²) in [7, 11) is 0. The molecule has 0 aliphatic carbocycles. The molecule has 1 fully saturated rings. The van der Waals surface area contributed by atoms with E-state index < -0.39 is 0 Å². The average Bonchev–Trinajstić information content (AvgIpc) is 2.38. The quantitative estimate of drug-likeness (QED) is 0.792. The number of nitrogens with one attached hydrogen (secondary N) is 1. The summed E-state index contributed by atoms with van der Waals surface area (Å²) in [5.74, 6) is 1.50. The van der Waals surface area contributed by atoms with Gasteiger partial charge in [0.05, 0.1) is 6.61 Å². The summed E-state index contributed by atoms with van der Waals surface area (Å²) in [5.41, 5.74) is 0. The first kappa shape index (κ1) is 11.6. The molecule has 1 atom stereocenters. The number of ketones is 1. The number of hydrogen-bond acceptors (Lipinski definition) is 3. The van der Waals surface area contributed by atoms with E-state index in [0.29, 0.717) is 24.7 Å². The number of allylic oxidation sites excluding steroid dienone is 2. The van der Waals surface area contributed by atoms with E-state index in [1.54, 1.807) is 0 Å². The Morgan fingerprint density at radius 1 is 1.50 bits per heavy atom. The van der Waals surface area contributed by atoms with Gasteiger partial charge in [0.15, 0.2) is 11.5 Å². The third-order valence-corrected chi connectivity index (χ3v) is 3.39. The summed E-state index contributed by atoms with van der Waals surface area (Å²) < 4.78 is 5.38. The van der Waals surface area contributed by atoms with Crippen molar-refractivity contribution in [2.45, 2.75) is 38.5 Å². The number of carbonyl (C=O) groups excluding carboxylic acids is 1.